The molecule has 1 saturated heterocycles. The zero-order valence-corrected chi connectivity index (χ0v) is 15.6. The number of fused-ring (bicyclic) bond motifs is 2. The number of nitrogens with zero attached hydrogens (tertiary/aromatic N) is 2. The third-order valence-corrected chi connectivity index (χ3v) is 5.30. The number of benzene rings is 2. The Morgan fingerprint density at radius 2 is 2.00 bits per heavy atom. The van der Waals surface area contributed by atoms with Crippen molar-refractivity contribution in [1.82, 2.24) is 4.90 Å². The van der Waals surface area contributed by atoms with Crippen LogP contribution >= 0.6 is 0 Å². The van der Waals surface area contributed by atoms with Crippen molar-refractivity contribution in [1.29, 1.82) is 0 Å². The highest BCUT2D eigenvalue weighted by atomic mass is 16.5. The van der Waals surface area contributed by atoms with Crippen LogP contribution in [0.4, 0.5) is 10.5 Å². The minimum absolute atomic E-state index is 0.101. The summed E-state index contributed by atoms with van der Waals surface area (Å²) in [5, 5.41) is 9.77. The van der Waals surface area contributed by atoms with Crippen molar-refractivity contribution in [3.8, 4) is 11.5 Å². The first-order valence-corrected chi connectivity index (χ1v) is 9.28. The van der Waals surface area contributed by atoms with E-state index in [1.807, 2.05) is 30.3 Å². The molecule has 2 amide bonds. The lowest BCUT2D eigenvalue weighted by Crippen LogP contribution is -2.41. The molecule has 7 heteroatoms. The number of rotatable bonds is 4. The second kappa shape index (κ2) is 7.42. The summed E-state index contributed by atoms with van der Waals surface area (Å²) in [7, 11) is 1.51. The molecule has 2 aromatic rings. The van der Waals surface area contributed by atoms with Gasteiger partial charge in [0.2, 0.25) is 0 Å². The number of carbonyl (C=O) groups is 2. The number of anilines is 1. The smallest absolute Gasteiger partial charge is 0.411 e. The molecule has 2 aromatic carbocycles. The molecule has 2 heterocycles. The van der Waals surface area contributed by atoms with Crippen LogP contribution in [0.1, 0.15) is 28.8 Å². The first-order valence-electron chi connectivity index (χ1n) is 9.28. The fourth-order valence-corrected chi connectivity index (χ4v) is 3.89. The molecule has 4 rings (SSSR count). The predicted molar refractivity (Wildman–Crippen MR) is 103 cm³/mol. The highest BCUT2D eigenvalue weighted by molar-refractivity contribution is 6.05. The molecule has 1 atom stereocenters. The lowest BCUT2D eigenvalue weighted by Gasteiger charge is -2.24. The van der Waals surface area contributed by atoms with Crippen LogP contribution in [0.3, 0.4) is 0 Å². The van der Waals surface area contributed by atoms with Gasteiger partial charge in [-0.15, -0.1) is 0 Å². The monoisotopic (exact) mass is 382 g/mol. The SMILES string of the molecule is COc1cc2c(cc1OCc1ccccc1)N(C(=O)O)C[C@@H]1CCCN1C2=O. The average Bonchev–Trinajstić information content (AvgIpc) is 3.14. The number of carboxylic acid groups (broad SMARTS) is 1. The maximum Gasteiger partial charge on any atom is 0.411 e. The Morgan fingerprint density at radius 3 is 2.71 bits per heavy atom. The number of methoxy groups -OCH3 is 1. The van der Waals surface area contributed by atoms with Crippen LogP contribution in [-0.2, 0) is 6.61 Å². The summed E-state index contributed by atoms with van der Waals surface area (Å²) in [6.45, 7) is 1.22. The van der Waals surface area contributed by atoms with E-state index in [9.17, 15) is 14.7 Å². The third kappa shape index (κ3) is 3.24. The van der Waals surface area contributed by atoms with Crippen LogP contribution < -0.4 is 14.4 Å². The molecule has 0 radical (unpaired) electrons. The number of carbonyl (C=O) groups excluding carboxylic acids is 1. The molecule has 0 unspecified atom stereocenters. The topological polar surface area (TPSA) is 79.3 Å². The third-order valence-electron chi connectivity index (χ3n) is 5.30. The fraction of sp³-hybridized carbons (Fsp3) is 0.333. The Labute approximate surface area is 163 Å². The van der Waals surface area contributed by atoms with E-state index < -0.39 is 6.09 Å². The molecule has 28 heavy (non-hydrogen) atoms. The lowest BCUT2D eigenvalue weighted by molar-refractivity contribution is 0.0747. The molecule has 1 N–H and O–H groups in total. The van der Waals surface area contributed by atoms with Gasteiger partial charge >= 0.3 is 6.09 Å². The van der Waals surface area contributed by atoms with E-state index in [0.717, 1.165) is 18.4 Å². The summed E-state index contributed by atoms with van der Waals surface area (Å²) in [5.74, 6) is 0.659. The molecule has 0 saturated carbocycles. The van der Waals surface area contributed by atoms with E-state index in [2.05, 4.69) is 0 Å². The summed E-state index contributed by atoms with van der Waals surface area (Å²) in [4.78, 5) is 28.0. The van der Waals surface area contributed by atoms with Crippen LogP contribution in [0, 0.1) is 0 Å². The summed E-state index contributed by atoms with van der Waals surface area (Å²) in [6, 6.07) is 12.7. The van der Waals surface area contributed by atoms with Crippen LogP contribution in [0.5, 0.6) is 11.5 Å². The number of hydrogen-bond acceptors (Lipinski definition) is 4. The van der Waals surface area contributed by atoms with Crippen LogP contribution in [0.2, 0.25) is 0 Å². The number of hydrogen-bond donors (Lipinski definition) is 1. The minimum Gasteiger partial charge on any atom is -0.493 e. The first kappa shape index (κ1) is 18.2. The zero-order chi connectivity index (χ0) is 19.7. The lowest BCUT2D eigenvalue weighted by atomic mass is 10.1. The Kier molecular flexibility index (Phi) is 4.81. The van der Waals surface area contributed by atoms with Crippen molar-refractivity contribution < 1.29 is 24.2 Å². The Morgan fingerprint density at radius 1 is 1.21 bits per heavy atom. The molecular weight excluding hydrogens is 360 g/mol. The van der Waals surface area contributed by atoms with Gasteiger partial charge in [-0.3, -0.25) is 9.69 Å². The van der Waals surface area contributed by atoms with Crippen molar-refractivity contribution in [2.75, 3.05) is 25.1 Å². The van der Waals surface area contributed by atoms with E-state index in [0.29, 0.717) is 35.9 Å². The molecule has 7 nitrogen and oxygen atoms in total. The molecule has 0 bridgehead atoms. The molecule has 0 aromatic heterocycles. The predicted octanol–water partition coefficient (Wildman–Crippen LogP) is 3.38. The maximum absolute atomic E-state index is 13.1. The van der Waals surface area contributed by atoms with Gasteiger partial charge in [-0.2, -0.15) is 0 Å². The van der Waals surface area contributed by atoms with Crippen molar-refractivity contribution >= 4 is 17.7 Å². The Hall–Kier alpha value is -3.22. The van der Waals surface area contributed by atoms with Gasteiger partial charge < -0.3 is 19.5 Å². The van der Waals surface area contributed by atoms with Gasteiger partial charge in [0, 0.05) is 19.2 Å². The highest BCUT2D eigenvalue weighted by Gasteiger charge is 2.38. The standard InChI is InChI=1S/C21H22N2O5/c1-27-18-10-16-17(11-19(18)28-13-14-6-3-2-4-7-14)23(21(25)26)12-15-8-5-9-22(15)20(16)24/h2-4,6-7,10-11,15H,5,8-9,12-13H2,1H3,(H,25,26)/t15-/m0/s1. The van der Waals surface area contributed by atoms with Crippen molar-refractivity contribution in [2.24, 2.45) is 0 Å². The second-order valence-electron chi connectivity index (χ2n) is 6.98. The molecule has 2 aliphatic heterocycles. The number of ether oxygens (including phenoxy) is 2. The van der Waals surface area contributed by atoms with Gasteiger partial charge in [-0.05, 0) is 24.5 Å². The first-order chi connectivity index (χ1) is 13.6. The van der Waals surface area contributed by atoms with E-state index in [1.54, 1.807) is 17.0 Å². The van der Waals surface area contributed by atoms with Crippen molar-refractivity contribution in [3.63, 3.8) is 0 Å². The van der Waals surface area contributed by atoms with Gasteiger partial charge in [-0.1, -0.05) is 30.3 Å². The molecule has 1 fully saturated rings. The van der Waals surface area contributed by atoms with E-state index in [4.69, 9.17) is 9.47 Å². The summed E-state index contributed by atoms with van der Waals surface area (Å²) >= 11 is 0. The van der Waals surface area contributed by atoms with Gasteiger partial charge in [-0.25, -0.2) is 4.79 Å². The van der Waals surface area contributed by atoms with Crippen molar-refractivity contribution in [3.05, 3.63) is 53.6 Å². The zero-order valence-electron chi connectivity index (χ0n) is 15.6. The number of amides is 2. The molecule has 0 spiro atoms. The van der Waals surface area contributed by atoms with Gasteiger partial charge in [0.05, 0.1) is 24.4 Å². The normalized spacial score (nSPS) is 18.3. The quantitative estimate of drug-likeness (QED) is 0.877. The van der Waals surface area contributed by atoms with Crippen LogP contribution in [0.25, 0.3) is 0 Å². The largest absolute Gasteiger partial charge is 0.493 e. The van der Waals surface area contributed by atoms with Crippen molar-refractivity contribution in [2.45, 2.75) is 25.5 Å². The molecule has 0 aliphatic carbocycles. The minimum atomic E-state index is -1.08. The summed E-state index contributed by atoms with van der Waals surface area (Å²) < 4.78 is 11.3. The van der Waals surface area contributed by atoms with Crippen LogP contribution in [-0.4, -0.2) is 48.2 Å². The second-order valence-corrected chi connectivity index (χ2v) is 6.98. The van der Waals surface area contributed by atoms with Gasteiger partial charge in [0.25, 0.3) is 5.91 Å². The summed E-state index contributed by atoms with van der Waals surface area (Å²) in [5.41, 5.74) is 1.65. The molecule has 146 valence electrons. The van der Waals surface area contributed by atoms with E-state index >= 15 is 0 Å². The van der Waals surface area contributed by atoms with E-state index in [1.165, 1.54) is 12.0 Å². The van der Waals surface area contributed by atoms with Gasteiger partial charge in [0.1, 0.15) is 6.61 Å². The molecule has 2 aliphatic rings. The highest BCUT2D eigenvalue weighted by Crippen LogP contribution is 2.39. The maximum atomic E-state index is 13.1. The molecular formula is C21H22N2O5. The van der Waals surface area contributed by atoms with Gasteiger partial charge in [0.15, 0.2) is 11.5 Å². The Balaban J connectivity index is 1.73. The Bertz CT molecular complexity index is 899. The average molecular weight is 382 g/mol. The fourth-order valence-electron chi connectivity index (χ4n) is 3.89. The van der Waals surface area contributed by atoms with E-state index in [-0.39, 0.29) is 18.5 Å². The van der Waals surface area contributed by atoms with Crippen LogP contribution in [0.15, 0.2) is 42.5 Å². The summed E-state index contributed by atoms with van der Waals surface area (Å²) in [6.07, 6.45) is 0.606.